The highest BCUT2D eigenvalue weighted by molar-refractivity contribution is 6.29. The first-order chi connectivity index (χ1) is 16.5. The molecule has 176 valence electrons. The van der Waals surface area contributed by atoms with E-state index in [0.717, 1.165) is 5.39 Å². The summed E-state index contributed by atoms with van der Waals surface area (Å²) in [6.45, 7) is 2.38. The molecule has 0 radical (unpaired) electrons. The van der Waals surface area contributed by atoms with Gasteiger partial charge in [-0.15, -0.1) is 0 Å². The SMILES string of the molecule is O=C(CC1C2C=CC=CC2C(=O)N1c1ccc2ccc(Cl)nc2n1)N1CCC2(CC1)OCCO2. The smallest absolute Gasteiger partial charge is 0.236 e. The Balaban J connectivity index is 1.27. The van der Waals surface area contributed by atoms with Crippen LogP contribution in [0.3, 0.4) is 0 Å². The van der Waals surface area contributed by atoms with Crippen molar-refractivity contribution >= 4 is 40.3 Å². The van der Waals surface area contributed by atoms with E-state index >= 15 is 0 Å². The van der Waals surface area contributed by atoms with Gasteiger partial charge in [-0.25, -0.2) is 9.97 Å². The summed E-state index contributed by atoms with van der Waals surface area (Å²) in [5.74, 6) is -0.464. The molecular weight excluding hydrogens is 456 g/mol. The number of halogens is 1. The fraction of sp³-hybridized carbons (Fsp3) is 0.440. The highest BCUT2D eigenvalue weighted by Gasteiger charge is 2.49. The summed E-state index contributed by atoms with van der Waals surface area (Å²) in [5, 5.41) is 1.18. The number of fused-ring (bicyclic) bond motifs is 2. The number of nitrogens with zero attached hydrogens (tertiary/aromatic N) is 4. The van der Waals surface area contributed by atoms with E-state index in [1.54, 1.807) is 11.0 Å². The van der Waals surface area contributed by atoms with Crippen molar-refractivity contribution in [3.63, 3.8) is 0 Å². The number of hydrogen-bond donors (Lipinski definition) is 0. The lowest BCUT2D eigenvalue weighted by Crippen LogP contribution is -2.49. The fourth-order valence-electron chi connectivity index (χ4n) is 5.54. The maximum absolute atomic E-state index is 13.5. The van der Waals surface area contributed by atoms with E-state index in [-0.39, 0.29) is 36.1 Å². The summed E-state index contributed by atoms with van der Waals surface area (Å²) in [4.78, 5) is 39.4. The van der Waals surface area contributed by atoms with Crippen molar-refractivity contribution in [2.75, 3.05) is 31.2 Å². The van der Waals surface area contributed by atoms with Crippen LogP contribution in [0.1, 0.15) is 19.3 Å². The van der Waals surface area contributed by atoms with Gasteiger partial charge in [-0.05, 0) is 24.3 Å². The normalized spacial score (nSPS) is 27.7. The van der Waals surface area contributed by atoms with Gasteiger partial charge in [-0.3, -0.25) is 14.5 Å². The van der Waals surface area contributed by atoms with Crippen molar-refractivity contribution in [3.05, 3.63) is 53.7 Å². The summed E-state index contributed by atoms with van der Waals surface area (Å²) in [6.07, 6.45) is 9.34. The third-order valence-corrected chi connectivity index (χ3v) is 7.51. The van der Waals surface area contributed by atoms with Crippen molar-refractivity contribution in [2.45, 2.75) is 31.1 Å². The number of rotatable bonds is 3. The van der Waals surface area contributed by atoms with Gasteiger partial charge < -0.3 is 14.4 Å². The van der Waals surface area contributed by atoms with Gasteiger partial charge in [-0.2, -0.15) is 0 Å². The summed E-state index contributed by atoms with van der Waals surface area (Å²) in [5.41, 5.74) is 0.474. The van der Waals surface area contributed by atoms with Gasteiger partial charge >= 0.3 is 0 Å². The Morgan fingerprint density at radius 1 is 1.06 bits per heavy atom. The molecule has 3 aliphatic heterocycles. The molecule has 0 saturated carbocycles. The third kappa shape index (κ3) is 3.70. The minimum absolute atomic E-state index is 0.0289. The van der Waals surface area contributed by atoms with Crippen molar-refractivity contribution in [1.82, 2.24) is 14.9 Å². The number of carbonyl (C=O) groups is 2. The Kier molecular flexibility index (Phi) is 5.39. The summed E-state index contributed by atoms with van der Waals surface area (Å²) < 4.78 is 11.6. The van der Waals surface area contributed by atoms with Crippen LogP contribution in [0.5, 0.6) is 0 Å². The molecule has 3 unspecified atom stereocenters. The number of pyridine rings is 2. The summed E-state index contributed by atoms with van der Waals surface area (Å²) in [7, 11) is 0. The number of ether oxygens (including phenoxy) is 2. The Morgan fingerprint density at radius 2 is 1.79 bits per heavy atom. The van der Waals surface area contributed by atoms with Crippen LogP contribution in [0.2, 0.25) is 5.15 Å². The maximum atomic E-state index is 13.5. The predicted molar refractivity (Wildman–Crippen MR) is 126 cm³/mol. The number of hydrogen-bond acceptors (Lipinski definition) is 6. The number of allylic oxidation sites excluding steroid dienone is 2. The van der Waals surface area contributed by atoms with Crippen LogP contribution in [0.4, 0.5) is 5.82 Å². The van der Waals surface area contributed by atoms with Gasteiger partial charge in [0.05, 0.1) is 25.2 Å². The van der Waals surface area contributed by atoms with E-state index in [1.165, 1.54) is 0 Å². The zero-order chi connectivity index (χ0) is 23.3. The molecule has 2 amide bonds. The number of anilines is 1. The number of piperidine rings is 1. The van der Waals surface area contributed by atoms with Crippen LogP contribution in [-0.2, 0) is 19.1 Å². The minimum Gasteiger partial charge on any atom is -0.347 e. The lowest BCUT2D eigenvalue weighted by Gasteiger charge is -2.38. The zero-order valence-corrected chi connectivity index (χ0v) is 19.4. The van der Waals surface area contributed by atoms with Crippen molar-refractivity contribution in [3.8, 4) is 0 Å². The number of carbonyl (C=O) groups excluding carboxylic acids is 2. The quantitative estimate of drug-likeness (QED) is 0.627. The topological polar surface area (TPSA) is 84.9 Å². The second kappa shape index (κ2) is 8.45. The highest BCUT2D eigenvalue weighted by Crippen LogP contribution is 2.40. The zero-order valence-electron chi connectivity index (χ0n) is 18.6. The monoisotopic (exact) mass is 480 g/mol. The molecule has 0 aromatic carbocycles. The molecule has 9 heteroatoms. The van der Waals surface area contributed by atoms with Gasteiger partial charge in [0.15, 0.2) is 11.4 Å². The van der Waals surface area contributed by atoms with Crippen LogP contribution in [0.15, 0.2) is 48.6 Å². The van der Waals surface area contributed by atoms with Crippen LogP contribution in [0, 0.1) is 11.8 Å². The van der Waals surface area contributed by atoms with Crippen molar-refractivity contribution < 1.29 is 19.1 Å². The van der Waals surface area contributed by atoms with E-state index in [2.05, 4.69) is 9.97 Å². The van der Waals surface area contributed by atoms with Crippen LogP contribution < -0.4 is 4.90 Å². The van der Waals surface area contributed by atoms with Gasteiger partial charge in [-0.1, -0.05) is 35.9 Å². The van der Waals surface area contributed by atoms with Crippen LogP contribution >= 0.6 is 11.6 Å². The molecule has 0 bridgehead atoms. The molecule has 5 heterocycles. The van der Waals surface area contributed by atoms with Crippen molar-refractivity contribution in [2.24, 2.45) is 11.8 Å². The highest BCUT2D eigenvalue weighted by atomic mass is 35.5. The molecule has 3 fully saturated rings. The average Bonchev–Trinajstić information content (AvgIpc) is 3.42. The molecule has 6 rings (SSSR count). The number of likely N-dealkylation sites (tertiary alicyclic amines) is 1. The summed E-state index contributed by atoms with van der Waals surface area (Å²) >= 11 is 6.07. The lowest BCUT2D eigenvalue weighted by molar-refractivity contribution is -0.187. The van der Waals surface area contributed by atoms with E-state index in [9.17, 15) is 9.59 Å². The molecule has 0 N–H and O–H groups in total. The molecule has 3 saturated heterocycles. The fourth-order valence-corrected chi connectivity index (χ4v) is 5.68. The Morgan fingerprint density at radius 3 is 2.59 bits per heavy atom. The second-order valence-corrected chi connectivity index (χ2v) is 9.58. The van der Waals surface area contributed by atoms with Gasteiger partial charge in [0.25, 0.3) is 0 Å². The maximum Gasteiger partial charge on any atom is 0.236 e. The molecule has 3 atom stereocenters. The average molecular weight is 481 g/mol. The third-order valence-electron chi connectivity index (χ3n) is 7.30. The molecule has 1 spiro atoms. The Hall–Kier alpha value is -2.81. The lowest BCUT2D eigenvalue weighted by atomic mass is 9.85. The Labute approximate surface area is 202 Å². The number of aromatic nitrogens is 2. The molecule has 8 nitrogen and oxygen atoms in total. The molecule has 2 aromatic rings. The van der Waals surface area contributed by atoms with Gasteiger partial charge in [0.1, 0.15) is 11.0 Å². The molecule has 1 aliphatic carbocycles. The van der Waals surface area contributed by atoms with Gasteiger partial charge in [0.2, 0.25) is 11.8 Å². The van der Waals surface area contributed by atoms with Crippen molar-refractivity contribution in [1.29, 1.82) is 0 Å². The second-order valence-electron chi connectivity index (χ2n) is 9.19. The van der Waals surface area contributed by atoms with Crippen LogP contribution in [-0.4, -0.2) is 64.8 Å². The first-order valence-electron chi connectivity index (χ1n) is 11.7. The Bertz CT molecular complexity index is 1200. The first kappa shape index (κ1) is 21.7. The predicted octanol–water partition coefficient (Wildman–Crippen LogP) is 3.11. The first-order valence-corrected chi connectivity index (χ1v) is 12.1. The van der Waals surface area contributed by atoms with Gasteiger partial charge in [0, 0.05) is 43.7 Å². The largest absolute Gasteiger partial charge is 0.347 e. The number of amides is 2. The standard InChI is InChI=1S/C25H25ClN4O4/c26-20-7-5-16-6-8-21(28-23(16)27-20)30-19(17-3-1-2-4-18(17)24(30)32)15-22(31)29-11-9-25(10-12-29)33-13-14-34-25/h1-8,17-19H,9-15H2. The molecular formula is C25H25ClN4O4. The molecule has 34 heavy (non-hydrogen) atoms. The molecule has 2 aromatic heterocycles. The van der Waals surface area contributed by atoms with Crippen LogP contribution in [0.25, 0.3) is 11.0 Å². The molecule has 4 aliphatic rings. The van der Waals surface area contributed by atoms with E-state index in [4.69, 9.17) is 21.1 Å². The summed E-state index contributed by atoms with van der Waals surface area (Å²) in [6, 6.07) is 6.93. The van der Waals surface area contributed by atoms with E-state index < -0.39 is 5.79 Å². The van der Waals surface area contributed by atoms with E-state index in [0.29, 0.717) is 55.8 Å². The van der Waals surface area contributed by atoms with E-state index in [1.807, 2.05) is 47.4 Å². The minimum atomic E-state index is -0.530.